The Kier molecular flexibility index (Phi) is 7.27. The van der Waals surface area contributed by atoms with E-state index in [0.717, 1.165) is 24.5 Å². The lowest BCUT2D eigenvalue weighted by atomic mass is 10.4. The zero-order chi connectivity index (χ0) is 14.9. The van der Waals surface area contributed by atoms with Crippen LogP contribution in [0.2, 0.25) is 0 Å². The summed E-state index contributed by atoms with van der Waals surface area (Å²) in [5.41, 5.74) is 11.6. The van der Waals surface area contributed by atoms with Gasteiger partial charge in [-0.2, -0.15) is 13.2 Å². The fraction of sp³-hybridized carbons (Fsp3) is 0.400. The fourth-order valence-corrected chi connectivity index (χ4v) is 0.862. The number of nitrogens with one attached hydrogen (secondary N) is 1. The van der Waals surface area contributed by atoms with Gasteiger partial charge in [0, 0.05) is 24.5 Å². The van der Waals surface area contributed by atoms with E-state index < -0.39 is 12.1 Å². The molecular formula is C10H15F3N4O2. The highest BCUT2D eigenvalue weighted by Gasteiger charge is 2.38. The molecule has 0 atom stereocenters. The molecule has 1 aromatic rings. The second-order valence-electron chi connectivity index (χ2n) is 3.35. The molecule has 6 nitrogen and oxygen atoms in total. The summed E-state index contributed by atoms with van der Waals surface area (Å²) in [5, 5.41) is 10.2. The van der Waals surface area contributed by atoms with Crippen molar-refractivity contribution in [1.82, 2.24) is 4.98 Å². The average molecular weight is 280 g/mol. The van der Waals surface area contributed by atoms with Crippen molar-refractivity contribution in [2.75, 3.05) is 24.1 Å². The molecule has 0 amide bonds. The summed E-state index contributed by atoms with van der Waals surface area (Å²) in [5.74, 6) is -1.95. The van der Waals surface area contributed by atoms with Crippen LogP contribution in [0.25, 0.3) is 0 Å². The van der Waals surface area contributed by atoms with Crippen molar-refractivity contribution in [3.63, 3.8) is 0 Å². The van der Waals surface area contributed by atoms with Crippen LogP contribution in [0.4, 0.5) is 24.7 Å². The molecule has 1 rings (SSSR count). The molecule has 9 heteroatoms. The lowest BCUT2D eigenvalue weighted by Gasteiger charge is -2.03. The molecule has 0 unspecified atom stereocenters. The fourth-order valence-electron chi connectivity index (χ4n) is 0.862. The highest BCUT2D eigenvalue weighted by atomic mass is 19.4. The molecule has 0 aliphatic rings. The van der Waals surface area contributed by atoms with Gasteiger partial charge in [-0.3, -0.25) is 0 Å². The van der Waals surface area contributed by atoms with E-state index in [1.54, 1.807) is 18.3 Å². The van der Waals surface area contributed by atoms with Gasteiger partial charge in [-0.05, 0) is 19.0 Å². The van der Waals surface area contributed by atoms with Gasteiger partial charge in [0.1, 0.15) is 5.82 Å². The number of pyridine rings is 1. The Hall–Kier alpha value is -2.03. The quantitative estimate of drug-likeness (QED) is 0.613. The first-order chi connectivity index (χ1) is 8.77. The van der Waals surface area contributed by atoms with Crippen molar-refractivity contribution < 1.29 is 23.1 Å². The molecule has 0 saturated carbocycles. The highest BCUT2D eigenvalue weighted by Crippen LogP contribution is 2.13. The van der Waals surface area contributed by atoms with E-state index in [0.29, 0.717) is 6.54 Å². The zero-order valence-electron chi connectivity index (χ0n) is 9.94. The van der Waals surface area contributed by atoms with E-state index in [1.165, 1.54) is 0 Å². The Labute approximate surface area is 107 Å². The van der Waals surface area contributed by atoms with Crippen molar-refractivity contribution in [3.05, 3.63) is 18.3 Å². The monoisotopic (exact) mass is 280 g/mol. The van der Waals surface area contributed by atoms with Gasteiger partial charge in [0.2, 0.25) is 0 Å². The molecule has 1 aromatic heterocycles. The first-order valence-electron chi connectivity index (χ1n) is 5.23. The maximum atomic E-state index is 10.6. The third kappa shape index (κ3) is 8.66. The van der Waals surface area contributed by atoms with Crippen LogP contribution in [0.15, 0.2) is 18.3 Å². The minimum absolute atomic E-state index is 0.690. The number of aliphatic carboxylic acids is 1. The number of carbonyl (C=O) groups is 1. The number of nitrogens with zero attached hydrogens (tertiary/aromatic N) is 1. The minimum Gasteiger partial charge on any atom is -0.475 e. The molecule has 0 bridgehead atoms. The Bertz CT molecular complexity index is 399. The number of nitrogens with two attached hydrogens (primary N) is 2. The summed E-state index contributed by atoms with van der Waals surface area (Å²) in [6.07, 6.45) is -2.46. The van der Waals surface area contributed by atoms with Gasteiger partial charge in [-0.1, -0.05) is 0 Å². The summed E-state index contributed by atoms with van der Waals surface area (Å²) in [4.78, 5) is 13.0. The van der Waals surface area contributed by atoms with Crippen LogP contribution in [0, 0.1) is 0 Å². The molecule has 0 aliphatic heterocycles. The summed E-state index contributed by atoms with van der Waals surface area (Å²) >= 11 is 0. The summed E-state index contributed by atoms with van der Waals surface area (Å²) in [7, 11) is 0. The van der Waals surface area contributed by atoms with Crippen molar-refractivity contribution in [3.8, 4) is 0 Å². The Morgan fingerprint density at radius 1 is 1.47 bits per heavy atom. The third-order valence-corrected chi connectivity index (χ3v) is 1.71. The number of rotatable bonds is 4. The van der Waals surface area contributed by atoms with Crippen LogP contribution < -0.4 is 16.8 Å². The van der Waals surface area contributed by atoms with E-state index in [1.807, 2.05) is 0 Å². The molecule has 0 aromatic carbocycles. The predicted molar refractivity (Wildman–Crippen MR) is 64.5 cm³/mol. The van der Waals surface area contributed by atoms with Crippen molar-refractivity contribution in [1.29, 1.82) is 0 Å². The topological polar surface area (TPSA) is 114 Å². The second-order valence-corrected chi connectivity index (χ2v) is 3.35. The Morgan fingerprint density at radius 2 is 2.05 bits per heavy atom. The van der Waals surface area contributed by atoms with Crippen LogP contribution in [0.1, 0.15) is 6.42 Å². The lowest BCUT2D eigenvalue weighted by molar-refractivity contribution is -0.192. The van der Waals surface area contributed by atoms with Crippen LogP contribution in [-0.2, 0) is 4.79 Å². The van der Waals surface area contributed by atoms with E-state index in [2.05, 4.69) is 10.3 Å². The van der Waals surface area contributed by atoms with Crippen molar-refractivity contribution in [2.24, 2.45) is 5.73 Å². The SMILES string of the molecule is NCCCNc1cc(N)ccn1.O=C(O)C(F)(F)F. The predicted octanol–water partition coefficient (Wildman–Crippen LogP) is 1.06. The van der Waals surface area contributed by atoms with Crippen LogP contribution in [-0.4, -0.2) is 35.3 Å². The summed E-state index contributed by atoms with van der Waals surface area (Å²) in [6, 6.07) is 3.56. The molecule has 0 saturated heterocycles. The third-order valence-electron chi connectivity index (χ3n) is 1.71. The van der Waals surface area contributed by atoms with Gasteiger partial charge in [0.15, 0.2) is 0 Å². The molecule has 6 N–H and O–H groups in total. The molecule has 0 fully saturated rings. The number of nitrogen functional groups attached to an aromatic ring is 1. The molecular weight excluding hydrogens is 265 g/mol. The van der Waals surface area contributed by atoms with Gasteiger partial charge in [0.05, 0.1) is 0 Å². The van der Waals surface area contributed by atoms with Gasteiger partial charge in [-0.25, -0.2) is 9.78 Å². The first-order valence-corrected chi connectivity index (χ1v) is 5.23. The smallest absolute Gasteiger partial charge is 0.475 e. The number of halogens is 3. The Morgan fingerprint density at radius 3 is 2.47 bits per heavy atom. The zero-order valence-corrected chi connectivity index (χ0v) is 9.94. The van der Waals surface area contributed by atoms with Crippen LogP contribution in [0.5, 0.6) is 0 Å². The van der Waals surface area contributed by atoms with Crippen molar-refractivity contribution >= 4 is 17.5 Å². The number of alkyl halides is 3. The molecule has 0 radical (unpaired) electrons. The number of carboxylic acids is 1. The molecule has 1 heterocycles. The Balaban J connectivity index is 0.000000399. The lowest BCUT2D eigenvalue weighted by Crippen LogP contribution is -2.21. The van der Waals surface area contributed by atoms with E-state index in [9.17, 15) is 13.2 Å². The van der Waals surface area contributed by atoms with Gasteiger partial charge in [-0.15, -0.1) is 0 Å². The number of anilines is 2. The molecule has 0 aliphatic carbocycles. The van der Waals surface area contributed by atoms with E-state index >= 15 is 0 Å². The van der Waals surface area contributed by atoms with Crippen LogP contribution in [0.3, 0.4) is 0 Å². The maximum Gasteiger partial charge on any atom is 0.490 e. The summed E-state index contributed by atoms with van der Waals surface area (Å²) in [6.45, 7) is 1.53. The maximum absolute atomic E-state index is 10.6. The molecule has 19 heavy (non-hydrogen) atoms. The first kappa shape index (κ1) is 17.0. The molecule has 108 valence electrons. The highest BCUT2D eigenvalue weighted by molar-refractivity contribution is 5.73. The second kappa shape index (κ2) is 8.14. The number of carboxylic acid groups (broad SMARTS) is 1. The largest absolute Gasteiger partial charge is 0.490 e. The normalized spacial score (nSPS) is 10.3. The standard InChI is InChI=1S/C8H14N4.C2HF3O2/c9-3-1-4-11-8-6-7(10)2-5-12-8;3-2(4,5)1(6)7/h2,5-6H,1,3-4,9H2,(H3,10,11,12);(H,6,7). The number of hydrogen-bond donors (Lipinski definition) is 4. The van der Waals surface area contributed by atoms with E-state index in [-0.39, 0.29) is 0 Å². The van der Waals surface area contributed by atoms with Gasteiger partial charge in [0.25, 0.3) is 0 Å². The van der Waals surface area contributed by atoms with E-state index in [4.69, 9.17) is 21.4 Å². The number of hydrogen-bond acceptors (Lipinski definition) is 5. The molecule has 0 spiro atoms. The van der Waals surface area contributed by atoms with Gasteiger partial charge >= 0.3 is 12.1 Å². The number of aromatic nitrogens is 1. The minimum atomic E-state index is -5.08. The van der Waals surface area contributed by atoms with Crippen LogP contribution >= 0.6 is 0 Å². The summed E-state index contributed by atoms with van der Waals surface area (Å²) < 4.78 is 31.7. The van der Waals surface area contributed by atoms with Gasteiger partial charge < -0.3 is 21.9 Å². The average Bonchev–Trinajstić information content (AvgIpc) is 2.29. The van der Waals surface area contributed by atoms with Crippen molar-refractivity contribution in [2.45, 2.75) is 12.6 Å².